The Balaban J connectivity index is 0.00000121. The van der Waals surface area contributed by atoms with Crippen LogP contribution in [0.3, 0.4) is 0 Å². The highest BCUT2D eigenvalue weighted by atomic mass is 79.9. The highest BCUT2D eigenvalue weighted by molar-refractivity contribution is 9.10. The second kappa shape index (κ2) is 4.69. The number of alkyl halides is 1. The normalized spacial score (nSPS) is 9.17. The summed E-state index contributed by atoms with van der Waals surface area (Å²) in [6.45, 7) is 0. The van der Waals surface area contributed by atoms with Gasteiger partial charge in [0.05, 0.1) is 11.4 Å². The van der Waals surface area contributed by atoms with E-state index in [0.29, 0.717) is 5.56 Å². The second-order valence-electron chi connectivity index (χ2n) is 1.72. The average Bonchev–Trinajstić information content (AvgIpc) is 2.30. The molecule has 0 unspecified atom stereocenters. The fraction of sp³-hybridized carbons (Fsp3) is 0.200. The van der Waals surface area contributed by atoms with Gasteiger partial charge in [0, 0.05) is 0 Å². The zero-order chi connectivity index (χ0) is 8.43. The topological polar surface area (TPSA) is 63.3 Å². The maximum Gasteiger partial charge on any atom is 0.358 e. The molecule has 68 valence electrons. The van der Waals surface area contributed by atoms with Crippen molar-refractivity contribution in [2.45, 2.75) is 5.88 Å². The molecule has 1 aromatic rings. The zero-order valence-electron chi connectivity index (χ0n) is 5.58. The van der Waals surface area contributed by atoms with Crippen LogP contribution in [0.1, 0.15) is 16.1 Å². The quantitative estimate of drug-likeness (QED) is 0.842. The van der Waals surface area contributed by atoms with Gasteiger partial charge in [-0.1, -0.05) is 5.16 Å². The van der Waals surface area contributed by atoms with E-state index in [2.05, 4.69) is 25.6 Å². The Hall–Kier alpha value is -0.260. The van der Waals surface area contributed by atoms with Gasteiger partial charge in [0.15, 0.2) is 5.69 Å². The minimum Gasteiger partial charge on any atom is -0.476 e. The summed E-state index contributed by atoms with van der Waals surface area (Å²) in [6.07, 6.45) is 0. The van der Waals surface area contributed by atoms with Crippen LogP contribution in [0.25, 0.3) is 0 Å². The number of aromatic carboxylic acids is 1. The van der Waals surface area contributed by atoms with Gasteiger partial charge in [-0.05, 0) is 15.9 Å². The van der Waals surface area contributed by atoms with E-state index in [-0.39, 0.29) is 28.7 Å². The molecule has 0 saturated heterocycles. The Kier molecular flexibility index (Phi) is 4.59. The van der Waals surface area contributed by atoms with E-state index < -0.39 is 5.97 Å². The lowest BCUT2D eigenvalue weighted by Crippen LogP contribution is -1.99. The molecule has 0 aliphatic carbocycles. The van der Waals surface area contributed by atoms with Gasteiger partial charge in [0.1, 0.15) is 0 Å². The summed E-state index contributed by atoms with van der Waals surface area (Å²) in [6, 6.07) is 0. The molecule has 1 aromatic heterocycles. The van der Waals surface area contributed by atoms with E-state index in [1.807, 2.05) is 0 Å². The van der Waals surface area contributed by atoms with Crippen LogP contribution in [0.15, 0.2) is 9.19 Å². The van der Waals surface area contributed by atoms with Crippen LogP contribution in [0, 0.1) is 0 Å². The number of hydrogen-bond donors (Lipinski definition) is 1. The second-order valence-corrected chi connectivity index (χ2v) is 2.71. The van der Waals surface area contributed by atoms with Crippen LogP contribution in [0.2, 0.25) is 0 Å². The zero-order valence-corrected chi connectivity index (χ0v) is 8.74. The number of carboxylic acid groups (broad SMARTS) is 1. The summed E-state index contributed by atoms with van der Waals surface area (Å²) in [5.41, 5.74) is 0.214. The van der Waals surface area contributed by atoms with Gasteiger partial charge in [-0.25, -0.2) is 4.79 Å². The lowest BCUT2D eigenvalue weighted by Gasteiger charge is -1.88. The average molecular weight is 277 g/mol. The largest absolute Gasteiger partial charge is 0.476 e. The molecule has 0 aliphatic rings. The van der Waals surface area contributed by atoms with Gasteiger partial charge < -0.3 is 9.63 Å². The SMILES string of the molecule is Cl.O=C(O)c1noc(Br)c1CCl. The molecule has 12 heavy (non-hydrogen) atoms. The fourth-order valence-electron chi connectivity index (χ4n) is 0.573. The Labute approximate surface area is 87.4 Å². The Morgan fingerprint density at radius 3 is 2.67 bits per heavy atom. The molecule has 0 atom stereocenters. The minimum absolute atomic E-state index is 0. The molecule has 0 spiro atoms. The summed E-state index contributed by atoms with van der Waals surface area (Å²) in [5, 5.41) is 11.8. The number of rotatable bonds is 2. The molecule has 0 bridgehead atoms. The number of nitrogens with zero attached hydrogens (tertiary/aromatic N) is 1. The fourth-order valence-corrected chi connectivity index (χ4v) is 1.38. The van der Waals surface area contributed by atoms with E-state index in [0.717, 1.165) is 0 Å². The molecule has 7 heteroatoms. The van der Waals surface area contributed by atoms with E-state index in [9.17, 15) is 4.79 Å². The molecule has 0 radical (unpaired) electrons. The van der Waals surface area contributed by atoms with Crippen LogP contribution in [-0.2, 0) is 5.88 Å². The van der Waals surface area contributed by atoms with Crippen LogP contribution >= 0.6 is 39.9 Å². The molecule has 1 rings (SSSR count). The Bertz CT molecular complexity index is 288. The monoisotopic (exact) mass is 275 g/mol. The van der Waals surface area contributed by atoms with Crippen molar-refractivity contribution in [3.05, 3.63) is 15.9 Å². The predicted octanol–water partition coefficient (Wildman–Crippen LogP) is 2.30. The molecule has 0 amide bonds. The van der Waals surface area contributed by atoms with E-state index in [1.54, 1.807) is 0 Å². The highest BCUT2D eigenvalue weighted by Gasteiger charge is 2.18. The van der Waals surface area contributed by atoms with Crippen LogP contribution in [-0.4, -0.2) is 16.2 Å². The molecule has 1 N–H and O–H groups in total. The van der Waals surface area contributed by atoms with Gasteiger partial charge in [0.2, 0.25) is 4.67 Å². The van der Waals surface area contributed by atoms with Crippen molar-refractivity contribution in [2.24, 2.45) is 0 Å². The Morgan fingerprint density at radius 1 is 1.75 bits per heavy atom. The van der Waals surface area contributed by atoms with E-state index in [1.165, 1.54) is 0 Å². The molecular weight excluding hydrogens is 273 g/mol. The van der Waals surface area contributed by atoms with Crippen molar-refractivity contribution < 1.29 is 14.4 Å². The lowest BCUT2D eigenvalue weighted by atomic mass is 10.3. The third-order valence-corrected chi connectivity index (χ3v) is 1.97. The first-order valence-corrected chi connectivity index (χ1v) is 3.93. The smallest absolute Gasteiger partial charge is 0.358 e. The van der Waals surface area contributed by atoms with Crippen LogP contribution < -0.4 is 0 Å². The number of aromatic nitrogens is 1. The molecule has 0 saturated carbocycles. The third kappa shape index (κ3) is 2.12. The highest BCUT2D eigenvalue weighted by Crippen LogP contribution is 2.21. The summed E-state index contributed by atoms with van der Waals surface area (Å²) in [7, 11) is 0. The van der Waals surface area contributed by atoms with E-state index >= 15 is 0 Å². The van der Waals surface area contributed by atoms with Crippen molar-refractivity contribution in [3.8, 4) is 0 Å². The van der Waals surface area contributed by atoms with Gasteiger partial charge in [-0.15, -0.1) is 24.0 Å². The predicted molar refractivity (Wildman–Crippen MR) is 48.0 cm³/mol. The first-order chi connectivity index (χ1) is 5.16. The number of carboxylic acids is 1. The summed E-state index contributed by atoms with van der Waals surface area (Å²) < 4.78 is 4.82. The summed E-state index contributed by atoms with van der Waals surface area (Å²) in [5.74, 6) is -1.08. The summed E-state index contributed by atoms with van der Waals surface area (Å²) >= 11 is 8.40. The number of halogens is 3. The Morgan fingerprint density at radius 2 is 2.33 bits per heavy atom. The van der Waals surface area contributed by atoms with Gasteiger partial charge in [-0.2, -0.15) is 0 Å². The standard InChI is InChI=1S/C5H3BrClNO3.ClH/c6-4-2(1-7)3(5(9)10)8-11-4;/h1H2,(H,9,10);1H. The molecular formula is C5H4BrCl2NO3. The minimum atomic E-state index is -1.14. The molecule has 0 aromatic carbocycles. The molecule has 4 nitrogen and oxygen atoms in total. The van der Waals surface area contributed by atoms with Crippen LogP contribution in [0.4, 0.5) is 0 Å². The van der Waals surface area contributed by atoms with E-state index in [4.69, 9.17) is 16.7 Å². The van der Waals surface area contributed by atoms with Gasteiger partial charge in [-0.3, -0.25) is 0 Å². The summed E-state index contributed by atoms with van der Waals surface area (Å²) in [4.78, 5) is 10.4. The van der Waals surface area contributed by atoms with Gasteiger partial charge in [0.25, 0.3) is 0 Å². The molecule has 0 fully saturated rings. The van der Waals surface area contributed by atoms with Gasteiger partial charge >= 0.3 is 5.97 Å². The lowest BCUT2D eigenvalue weighted by molar-refractivity contribution is 0.0685. The van der Waals surface area contributed by atoms with Crippen molar-refractivity contribution >= 4 is 45.9 Å². The third-order valence-electron chi connectivity index (χ3n) is 1.08. The number of carbonyl (C=O) groups is 1. The maximum absolute atomic E-state index is 10.4. The molecule has 1 heterocycles. The van der Waals surface area contributed by atoms with Crippen molar-refractivity contribution in [2.75, 3.05) is 0 Å². The van der Waals surface area contributed by atoms with Crippen LogP contribution in [0.5, 0.6) is 0 Å². The first-order valence-electron chi connectivity index (χ1n) is 2.60. The van der Waals surface area contributed by atoms with Crippen molar-refractivity contribution in [1.29, 1.82) is 0 Å². The maximum atomic E-state index is 10.4. The number of hydrogen-bond acceptors (Lipinski definition) is 3. The first kappa shape index (κ1) is 11.7. The van der Waals surface area contributed by atoms with Crippen molar-refractivity contribution in [1.82, 2.24) is 5.16 Å². The van der Waals surface area contributed by atoms with Crippen molar-refractivity contribution in [3.63, 3.8) is 0 Å². The molecule has 0 aliphatic heterocycles.